The molecule has 0 spiro atoms. The van der Waals surface area contributed by atoms with Gasteiger partial charge >= 0.3 is 0 Å². The minimum Gasteiger partial charge on any atom is -0.395 e. The SMILES string of the molecule is CCOCC(C)NC(=O)c1c(N)c(C)nn1C. The van der Waals surface area contributed by atoms with Crippen molar-refractivity contribution in [3.63, 3.8) is 0 Å². The Bertz CT molecular complexity index is 400. The standard InChI is InChI=1S/C11H20N4O2/c1-5-17-6-7(2)13-11(16)10-9(12)8(3)14-15(10)4/h7H,5-6,12H2,1-4H3,(H,13,16). The summed E-state index contributed by atoms with van der Waals surface area (Å²) in [6.45, 7) is 6.69. The maximum Gasteiger partial charge on any atom is 0.271 e. The van der Waals surface area contributed by atoms with Gasteiger partial charge in [-0.3, -0.25) is 9.48 Å². The fourth-order valence-corrected chi connectivity index (χ4v) is 1.57. The summed E-state index contributed by atoms with van der Waals surface area (Å²) >= 11 is 0. The van der Waals surface area contributed by atoms with Gasteiger partial charge in [0.1, 0.15) is 5.69 Å². The van der Waals surface area contributed by atoms with Crippen LogP contribution in [-0.2, 0) is 11.8 Å². The molecule has 1 unspecified atom stereocenters. The van der Waals surface area contributed by atoms with E-state index < -0.39 is 0 Å². The highest BCUT2D eigenvalue weighted by Crippen LogP contribution is 2.14. The first-order chi connectivity index (χ1) is 7.97. The lowest BCUT2D eigenvalue weighted by molar-refractivity contribution is 0.0864. The second kappa shape index (κ2) is 5.67. The number of hydrogen-bond acceptors (Lipinski definition) is 4. The third-order valence-corrected chi connectivity index (χ3v) is 2.43. The van der Waals surface area contributed by atoms with E-state index >= 15 is 0 Å². The van der Waals surface area contributed by atoms with Gasteiger partial charge < -0.3 is 15.8 Å². The molecular weight excluding hydrogens is 220 g/mol. The van der Waals surface area contributed by atoms with E-state index in [9.17, 15) is 4.79 Å². The average molecular weight is 240 g/mol. The molecule has 1 atom stereocenters. The van der Waals surface area contributed by atoms with Gasteiger partial charge in [0.25, 0.3) is 5.91 Å². The van der Waals surface area contributed by atoms with Crippen molar-refractivity contribution in [1.82, 2.24) is 15.1 Å². The molecule has 1 aromatic rings. The van der Waals surface area contributed by atoms with Crippen LogP contribution in [0, 0.1) is 6.92 Å². The molecule has 1 aromatic heterocycles. The Balaban J connectivity index is 2.70. The van der Waals surface area contributed by atoms with Crippen LogP contribution in [0.2, 0.25) is 0 Å². The van der Waals surface area contributed by atoms with E-state index in [1.165, 1.54) is 4.68 Å². The van der Waals surface area contributed by atoms with E-state index in [1.54, 1.807) is 14.0 Å². The van der Waals surface area contributed by atoms with E-state index in [4.69, 9.17) is 10.5 Å². The zero-order valence-electron chi connectivity index (χ0n) is 10.8. The molecule has 96 valence electrons. The second-order valence-corrected chi connectivity index (χ2v) is 4.01. The summed E-state index contributed by atoms with van der Waals surface area (Å²) in [7, 11) is 1.70. The highest BCUT2D eigenvalue weighted by molar-refractivity contribution is 5.98. The number of nitrogens with one attached hydrogen (secondary N) is 1. The van der Waals surface area contributed by atoms with Crippen LogP contribution < -0.4 is 11.1 Å². The summed E-state index contributed by atoms with van der Waals surface area (Å²) in [6.07, 6.45) is 0. The molecule has 0 aliphatic heterocycles. The van der Waals surface area contributed by atoms with Gasteiger partial charge in [-0.15, -0.1) is 0 Å². The zero-order valence-corrected chi connectivity index (χ0v) is 10.8. The lowest BCUT2D eigenvalue weighted by Gasteiger charge is -2.13. The number of carbonyl (C=O) groups excluding carboxylic acids is 1. The molecule has 3 N–H and O–H groups in total. The van der Waals surface area contributed by atoms with Gasteiger partial charge in [0.15, 0.2) is 0 Å². The van der Waals surface area contributed by atoms with Crippen LogP contribution in [-0.4, -0.2) is 34.9 Å². The Labute approximate surface area is 101 Å². The van der Waals surface area contributed by atoms with Gasteiger partial charge in [-0.2, -0.15) is 5.10 Å². The van der Waals surface area contributed by atoms with E-state index in [2.05, 4.69) is 10.4 Å². The fourth-order valence-electron chi connectivity index (χ4n) is 1.57. The average Bonchev–Trinajstić information content (AvgIpc) is 2.50. The van der Waals surface area contributed by atoms with Gasteiger partial charge in [0.05, 0.1) is 18.0 Å². The summed E-state index contributed by atoms with van der Waals surface area (Å²) < 4.78 is 6.72. The van der Waals surface area contributed by atoms with Gasteiger partial charge in [-0.25, -0.2) is 0 Å². The fraction of sp³-hybridized carbons (Fsp3) is 0.636. The lowest BCUT2D eigenvalue weighted by Crippen LogP contribution is -2.37. The van der Waals surface area contributed by atoms with Crippen molar-refractivity contribution < 1.29 is 9.53 Å². The van der Waals surface area contributed by atoms with Gasteiger partial charge in [0.2, 0.25) is 0 Å². The Morgan fingerprint density at radius 2 is 2.29 bits per heavy atom. The molecule has 1 amide bonds. The molecule has 0 aliphatic carbocycles. The van der Waals surface area contributed by atoms with Crippen molar-refractivity contribution in [2.75, 3.05) is 18.9 Å². The lowest BCUT2D eigenvalue weighted by atomic mass is 10.2. The summed E-state index contributed by atoms with van der Waals surface area (Å²) in [4.78, 5) is 12.0. The molecular formula is C11H20N4O2. The van der Waals surface area contributed by atoms with E-state index in [1.807, 2.05) is 13.8 Å². The van der Waals surface area contributed by atoms with Crippen molar-refractivity contribution >= 4 is 11.6 Å². The highest BCUT2D eigenvalue weighted by Gasteiger charge is 2.19. The number of aromatic nitrogens is 2. The third kappa shape index (κ3) is 3.20. The van der Waals surface area contributed by atoms with Crippen LogP contribution >= 0.6 is 0 Å². The molecule has 17 heavy (non-hydrogen) atoms. The summed E-state index contributed by atoms with van der Waals surface area (Å²) in [5.74, 6) is -0.224. The minimum absolute atomic E-state index is 0.0583. The number of aryl methyl sites for hydroxylation is 2. The number of hydrogen-bond donors (Lipinski definition) is 2. The van der Waals surface area contributed by atoms with Crippen LogP contribution in [0.15, 0.2) is 0 Å². The van der Waals surface area contributed by atoms with Crippen molar-refractivity contribution in [2.24, 2.45) is 7.05 Å². The number of nitrogen functional groups attached to an aromatic ring is 1. The molecule has 0 aromatic carbocycles. The first kappa shape index (κ1) is 13.5. The summed E-state index contributed by atoms with van der Waals surface area (Å²) in [5, 5.41) is 6.92. The molecule has 1 rings (SSSR count). The third-order valence-electron chi connectivity index (χ3n) is 2.43. The minimum atomic E-state index is -0.224. The van der Waals surface area contributed by atoms with Crippen LogP contribution in [0.25, 0.3) is 0 Å². The number of carbonyl (C=O) groups is 1. The maximum atomic E-state index is 12.0. The molecule has 1 heterocycles. The number of rotatable bonds is 5. The van der Waals surface area contributed by atoms with E-state index in [-0.39, 0.29) is 11.9 Å². The topological polar surface area (TPSA) is 82.2 Å². The summed E-state index contributed by atoms with van der Waals surface area (Å²) in [6, 6.07) is -0.0583. The Kier molecular flexibility index (Phi) is 4.51. The van der Waals surface area contributed by atoms with Gasteiger partial charge in [-0.1, -0.05) is 0 Å². The molecule has 0 saturated heterocycles. The Morgan fingerprint density at radius 3 is 2.76 bits per heavy atom. The number of amides is 1. The Hall–Kier alpha value is -1.56. The number of nitrogens with zero attached hydrogens (tertiary/aromatic N) is 2. The smallest absolute Gasteiger partial charge is 0.271 e. The normalized spacial score (nSPS) is 12.5. The molecule has 0 fully saturated rings. The molecule has 0 radical (unpaired) electrons. The quantitative estimate of drug-likeness (QED) is 0.783. The predicted octanol–water partition coefficient (Wildman–Crippen LogP) is 0.466. The van der Waals surface area contributed by atoms with Gasteiger partial charge in [-0.05, 0) is 20.8 Å². The number of anilines is 1. The van der Waals surface area contributed by atoms with Gasteiger partial charge in [0, 0.05) is 19.7 Å². The van der Waals surface area contributed by atoms with Crippen molar-refractivity contribution in [1.29, 1.82) is 0 Å². The number of nitrogens with two attached hydrogens (primary N) is 1. The van der Waals surface area contributed by atoms with Crippen molar-refractivity contribution in [3.8, 4) is 0 Å². The largest absolute Gasteiger partial charge is 0.395 e. The maximum absolute atomic E-state index is 12.0. The molecule has 0 saturated carbocycles. The van der Waals surface area contributed by atoms with Crippen LogP contribution in [0.1, 0.15) is 30.0 Å². The Morgan fingerprint density at radius 1 is 1.65 bits per heavy atom. The first-order valence-electron chi connectivity index (χ1n) is 5.65. The predicted molar refractivity (Wildman–Crippen MR) is 65.8 cm³/mol. The zero-order chi connectivity index (χ0) is 13.0. The monoisotopic (exact) mass is 240 g/mol. The first-order valence-corrected chi connectivity index (χ1v) is 5.65. The number of ether oxygens (including phenoxy) is 1. The highest BCUT2D eigenvalue weighted by atomic mass is 16.5. The molecule has 6 nitrogen and oxygen atoms in total. The van der Waals surface area contributed by atoms with E-state index in [0.29, 0.717) is 30.3 Å². The van der Waals surface area contributed by atoms with Crippen LogP contribution in [0.5, 0.6) is 0 Å². The molecule has 0 bridgehead atoms. The van der Waals surface area contributed by atoms with Crippen LogP contribution in [0.4, 0.5) is 5.69 Å². The van der Waals surface area contributed by atoms with Crippen molar-refractivity contribution in [2.45, 2.75) is 26.8 Å². The van der Waals surface area contributed by atoms with E-state index in [0.717, 1.165) is 0 Å². The summed E-state index contributed by atoms with van der Waals surface area (Å²) in [5.41, 5.74) is 7.29. The second-order valence-electron chi connectivity index (χ2n) is 4.01. The van der Waals surface area contributed by atoms with Crippen molar-refractivity contribution in [3.05, 3.63) is 11.4 Å². The molecule has 0 aliphatic rings. The molecule has 6 heteroatoms. The van der Waals surface area contributed by atoms with Crippen LogP contribution in [0.3, 0.4) is 0 Å².